The molecular weight excluding hydrogens is 490 g/mol. The molecule has 178 valence electrons. The summed E-state index contributed by atoms with van der Waals surface area (Å²) in [4.78, 5) is 38.7. The molecule has 1 aliphatic rings. The minimum atomic E-state index is -5.08. The minimum absolute atomic E-state index is 0.120. The molecule has 0 saturated heterocycles. The fraction of sp³-hybridized carbons (Fsp3) is 0.300. The molecule has 4 N–H and O–H groups in total. The van der Waals surface area contributed by atoms with E-state index in [4.69, 9.17) is 43.9 Å². The lowest BCUT2D eigenvalue weighted by molar-refractivity contribution is -0.192. The molecule has 0 spiro atoms. The Kier molecular flexibility index (Phi) is 8.28. The number of nitrogens with two attached hydrogens (primary N) is 1. The van der Waals surface area contributed by atoms with Gasteiger partial charge in [0.25, 0.3) is 5.91 Å². The zero-order valence-electron chi connectivity index (χ0n) is 17.0. The molecule has 1 aliphatic heterocycles. The predicted molar refractivity (Wildman–Crippen MR) is 113 cm³/mol. The molecule has 0 aliphatic carbocycles. The first-order valence-corrected chi connectivity index (χ1v) is 10.0. The van der Waals surface area contributed by atoms with Crippen LogP contribution in [0.1, 0.15) is 33.7 Å². The van der Waals surface area contributed by atoms with E-state index in [0.717, 1.165) is 11.3 Å². The number of carbonyl (C=O) groups is 3. The molecule has 33 heavy (non-hydrogen) atoms. The third-order valence-corrected chi connectivity index (χ3v) is 5.21. The van der Waals surface area contributed by atoms with Crippen LogP contribution >= 0.6 is 23.2 Å². The molecule has 0 atom stereocenters. The van der Waals surface area contributed by atoms with Gasteiger partial charge in [-0.1, -0.05) is 29.3 Å². The van der Waals surface area contributed by atoms with Crippen molar-refractivity contribution in [2.75, 3.05) is 6.54 Å². The summed E-state index contributed by atoms with van der Waals surface area (Å²) >= 11 is 12.4. The minimum Gasteiger partial charge on any atom is -0.481 e. The number of pyridine rings is 1. The number of carboxylic acid groups (broad SMARTS) is 2. The van der Waals surface area contributed by atoms with Crippen molar-refractivity contribution in [1.29, 1.82) is 0 Å². The summed E-state index contributed by atoms with van der Waals surface area (Å²) in [5.41, 5.74) is 9.74. The number of fused-ring (bicyclic) bond motifs is 1. The van der Waals surface area contributed by atoms with E-state index in [-0.39, 0.29) is 32.0 Å². The zero-order valence-corrected chi connectivity index (χ0v) is 18.6. The molecule has 2 heterocycles. The van der Waals surface area contributed by atoms with Gasteiger partial charge in [-0.2, -0.15) is 13.2 Å². The van der Waals surface area contributed by atoms with Crippen LogP contribution in [0.25, 0.3) is 11.1 Å². The van der Waals surface area contributed by atoms with Crippen LogP contribution < -0.4 is 5.73 Å². The van der Waals surface area contributed by atoms with Crippen LogP contribution in [0.4, 0.5) is 13.2 Å². The Morgan fingerprint density at radius 1 is 1.21 bits per heavy atom. The Morgan fingerprint density at radius 3 is 2.30 bits per heavy atom. The number of hydrogen-bond donors (Lipinski definition) is 3. The number of carbonyl (C=O) groups excluding carboxylic acids is 1. The van der Waals surface area contributed by atoms with Gasteiger partial charge in [0.2, 0.25) is 0 Å². The highest BCUT2D eigenvalue weighted by atomic mass is 35.5. The first kappa shape index (κ1) is 26.4. The van der Waals surface area contributed by atoms with E-state index in [9.17, 15) is 22.8 Å². The Balaban J connectivity index is 0.000000479. The van der Waals surface area contributed by atoms with Crippen LogP contribution in [0, 0.1) is 6.92 Å². The van der Waals surface area contributed by atoms with Gasteiger partial charge < -0.3 is 20.8 Å². The molecule has 1 aromatic heterocycles. The van der Waals surface area contributed by atoms with E-state index in [1.165, 1.54) is 4.90 Å². The smallest absolute Gasteiger partial charge is 0.481 e. The van der Waals surface area contributed by atoms with Gasteiger partial charge in [0.05, 0.1) is 24.2 Å². The fourth-order valence-electron chi connectivity index (χ4n) is 3.21. The number of rotatable bonds is 5. The summed E-state index contributed by atoms with van der Waals surface area (Å²) in [7, 11) is 0. The van der Waals surface area contributed by atoms with Crippen LogP contribution in [0.5, 0.6) is 0 Å². The van der Waals surface area contributed by atoms with Gasteiger partial charge >= 0.3 is 18.1 Å². The van der Waals surface area contributed by atoms with E-state index in [1.54, 1.807) is 18.2 Å². The van der Waals surface area contributed by atoms with Crippen molar-refractivity contribution in [2.24, 2.45) is 5.73 Å². The maximum absolute atomic E-state index is 12.9. The van der Waals surface area contributed by atoms with Crippen molar-refractivity contribution in [1.82, 2.24) is 9.88 Å². The summed E-state index contributed by atoms with van der Waals surface area (Å²) in [5.74, 6) is -3.97. The SMILES string of the molecule is Cc1nc2c(c(-c3ccc(Cl)cc3Cl)c1CN)C(=O)N(CCC(=O)O)C2.O=C(O)C(F)(F)F. The van der Waals surface area contributed by atoms with Gasteiger partial charge in [0.1, 0.15) is 0 Å². The highest BCUT2D eigenvalue weighted by Gasteiger charge is 2.38. The number of carboxylic acids is 2. The first-order chi connectivity index (χ1) is 15.3. The molecule has 1 aromatic carbocycles. The number of halogens is 5. The van der Waals surface area contributed by atoms with Gasteiger partial charge in [0.15, 0.2) is 0 Å². The van der Waals surface area contributed by atoms with Gasteiger partial charge in [-0.15, -0.1) is 0 Å². The van der Waals surface area contributed by atoms with Crippen molar-refractivity contribution in [3.63, 3.8) is 0 Å². The second-order valence-electron chi connectivity index (χ2n) is 6.87. The standard InChI is InChI=1S/C18H17Cl2N3O3.C2HF3O2/c1-9-12(7-21)16(11-3-2-10(19)6-13(11)20)17-14(22-9)8-23(18(17)26)5-4-15(24)25;3-2(4,5)1(6)7/h2-3,6H,4-5,7-8,21H2,1H3,(H,24,25);(H,6,7). The lowest BCUT2D eigenvalue weighted by Crippen LogP contribution is -2.26. The molecule has 3 rings (SSSR count). The largest absolute Gasteiger partial charge is 0.490 e. The molecule has 2 aromatic rings. The molecular formula is C20H18Cl2F3N3O5. The van der Waals surface area contributed by atoms with E-state index in [1.807, 2.05) is 6.92 Å². The van der Waals surface area contributed by atoms with Crippen molar-refractivity contribution < 1.29 is 37.8 Å². The zero-order chi connectivity index (χ0) is 25.1. The maximum Gasteiger partial charge on any atom is 0.490 e. The number of alkyl halides is 3. The number of hydrogen-bond acceptors (Lipinski definition) is 5. The van der Waals surface area contributed by atoms with E-state index in [0.29, 0.717) is 32.4 Å². The van der Waals surface area contributed by atoms with Gasteiger partial charge in [-0.3, -0.25) is 14.6 Å². The highest BCUT2D eigenvalue weighted by molar-refractivity contribution is 6.36. The van der Waals surface area contributed by atoms with Gasteiger partial charge in [0, 0.05) is 40.0 Å². The topological polar surface area (TPSA) is 134 Å². The highest BCUT2D eigenvalue weighted by Crippen LogP contribution is 2.39. The molecule has 0 bridgehead atoms. The number of nitrogens with zero attached hydrogens (tertiary/aromatic N) is 2. The number of aromatic nitrogens is 1. The fourth-order valence-corrected chi connectivity index (χ4v) is 3.71. The average Bonchev–Trinajstić information content (AvgIpc) is 3.00. The second-order valence-corrected chi connectivity index (χ2v) is 7.72. The van der Waals surface area contributed by atoms with Crippen molar-refractivity contribution in [3.05, 3.63) is 50.8 Å². The van der Waals surface area contributed by atoms with Crippen LogP contribution in [0.15, 0.2) is 18.2 Å². The lowest BCUT2D eigenvalue weighted by atomic mass is 9.93. The Bertz CT molecular complexity index is 1110. The van der Waals surface area contributed by atoms with Crippen LogP contribution in [-0.2, 0) is 22.7 Å². The number of aliphatic carboxylic acids is 2. The molecule has 1 amide bonds. The summed E-state index contributed by atoms with van der Waals surface area (Å²) in [5, 5.41) is 16.9. The molecule has 0 fully saturated rings. The van der Waals surface area contributed by atoms with Crippen LogP contribution in [0.3, 0.4) is 0 Å². The quantitative estimate of drug-likeness (QED) is 0.558. The van der Waals surface area contributed by atoms with E-state index < -0.39 is 18.1 Å². The number of aryl methyl sites for hydroxylation is 1. The predicted octanol–water partition coefficient (Wildman–Crippen LogP) is 3.89. The van der Waals surface area contributed by atoms with Crippen LogP contribution in [0.2, 0.25) is 10.0 Å². The van der Waals surface area contributed by atoms with Crippen molar-refractivity contribution in [2.45, 2.75) is 32.6 Å². The third kappa shape index (κ3) is 6.12. The molecule has 13 heteroatoms. The Labute approximate surface area is 195 Å². The van der Waals surface area contributed by atoms with Crippen molar-refractivity contribution in [3.8, 4) is 11.1 Å². The maximum atomic E-state index is 12.9. The Hall–Kier alpha value is -2.89. The number of amides is 1. The van der Waals surface area contributed by atoms with E-state index >= 15 is 0 Å². The molecule has 0 saturated carbocycles. The average molecular weight is 508 g/mol. The summed E-state index contributed by atoms with van der Waals surface area (Å²) in [6.07, 6.45) is -5.21. The normalized spacial score (nSPS) is 12.8. The van der Waals surface area contributed by atoms with Crippen LogP contribution in [-0.4, -0.2) is 50.7 Å². The lowest BCUT2D eigenvalue weighted by Gasteiger charge is -2.16. The van der Waals surface area contributed by atoms with Crippen molar-refractivity contribution >= 4 is 41.0 Å². The van der Waals surface area contributed by atoms with Gasteiger partial charge in [-0.25, -0.2) is 4.79 Å². The number of benzene rings is 1. The summed E-state index contributed by atoms with van der Waals surface area (Å²) in [6, 6.07) is 5.07. The van der Waals surface area contributed by atoms with Gasteiger partial charge in [-0.05, 0) is 24.6 Å². The molecule has 0 unspecified atom stereocenters. The Morgan fingerprint density at radius 2 is 1.82 bits per heavy atom. The monoisotopic (exact) mass is 507 g/mol. The second kappa shape index (κ2) is 10.4. The van der Waals surface area contributed by atoms with E-state index in [2.05, 4.69) is 4.98 Å². The molecule has 0 radical (unpaired) electrons. The molecule has 8 nitrogen and oxygen atoms in total. The third-order valence-electron chi connectivity index (χ3n) is 4.66. The summed E-state index contributed by atoms with van der Waals surface area (Å²) in [6.45, 7) is 2.42. The summed E-state index contributed by atoms with van der Waals surface area (Å²) < 4.78 is 31.7. The first-order valence-electron chi connectivity index (χ1n) is 9.26.